The van der Waals surface area contributed by atoms with Gasteiger partial charge in [-0.1, -0.05) is 0 Å². The quantitative estimate of drug-likeness (QED) is 0.621. The van der Waals surface area contributed by atoms with Crippen LogP contribution in [-0.4, -0.2) is 42.8 Å². The van der Waals surface area contributed by atoms with Crippen molar-refractivity contribution in [1.29, 1.82) is 0 Å². The van der Waals surface area contributed by atoms with Crippen LogP contribution in [0.5, 0.6) is 0 Å². The summed E-state index contributed by atoms with van der Waals surface area (Å²) in [6, 6.07) is 0. The summed E-state index contributed by atoms with van der Waals surface area (Å²) >= 11 is 0. The highest BCUT2D eigenvalue weighted by atomic mass is 16.8. The standard InChI is InChI=1S/C11H18O5/c1-10(2)13-6-5-12-9-8(7(6)14-10)15-11(3,4)16-9/h6-9H,5H2,1-4H3/t6-,7?,8?,9-/m1/s1. The van der Waals surface area contributed by atoms with Crippen LogP contribution < -0.4 is 0 Å². The minimum Gasteiger partial charge on any atom is -0.347 e. The third-order valence-electron chi connectivity index (χ3n) is 3.06. The normalized spacial score (nSPS) is 48.8. The maximum atomic E-state index is 5.85. The molecule has 0 amide bonds. The third-order valence-corrected chi connectivity index (χ3v) is 3.06. The fraction of sp³-hybridized carbons (Fsp3) is 1.00. The van der Waals surface area contributed by atoms with E-state index in [1.165, 1.54) is 0 Å². The van der Waals surface area contributed by atoms with Crippen LogP contribution in [0.2, 0.25) is 0 Å². The second-order valence-electron chi connectivity index (χ2n) is 5.44. The molecule has 3 aliphatic heterocycles. The summed E-state index contributed by atoms with van der Waals surface area (Å²) in [5.41, 5.74) is 0. The molecule has 3 fully saturated rings. The highest BCUT2D eigenvalue weighted by molar-refractivity contribution is 4.95. The molecule has 3 heterocycles. The molecule has 3 rings (SSSR count). The Bertz CT molecular complexity index is 271. The van der Waals surface area contributed by atoms with Crippen molar-refractivity contribution in [3.8, 4) is 0 Å². The van der Waals surface area contributed by atoms with Crippen molar-refractivity contribution in [1.82, 2.24) is 0 Å². The fourth-order valence-corrected chi connectivity index (χ4v) is 2.57. The molecule has 2 unspecified atom stereocenters. The van der Waals surface area contributed by atoms with E-state index in [4.69, 9.17) is 23.7 Å². The molecule has 0 bridgehead atoms. The molecule has 16 heavy (non-hydrogen) atoms. The van der Waals surface area contributed by atoms with Gasteiger partial charge < -0.3 is 23.7 Å². The molecule has 3 aliphatic rings. The summed E-state index contributed by atoms with van der Waals surface area (Å²) < 4.78 is 28.6. The van der Waals surface area contributed by atoms with Gasteiger partial charge in [-0.05, 0) is 27.7 Å². The Labute approximate surface area is 94.9 Å². The van der Waals surface area contributed by atoms with E-state index in [9.17, 15) is 0 Å². The van der Waals surface area contributed by atoms with Gasteiger partial charge in [0.05, 0.1) is 6.61 Å². The van der Waals surface area contributed by atoms with Gasteiger partial charge in [0.25, 0.3) is 0 Å². The molecule has 5 heteroatoms. The predicted molar refractivity (Wildman–Crippen MR) is 53.6 cm³/mol. The lowest BCUT2D eigenvalue weighted by Crippen LogP contribution is -2.50. The molecule has 0 aromatic rings. The zero-order chi connectivity index (χ0) is 11.6. The van der Waals surface area contributed by atoms with E-state index in [2.05, 4.69) is 0 Å². The summed E-state index contributed by atoms with van der Waals surface area (Å²) in [7, 11) is 0. The molecular weight excluding hydrogens is 212 g/mol. The highest BCUT2D eigenvalue weighted by Crippen LogP contribution is 2.41. The molecule has 5 nitrogen and oxygen atoms in total. The topological polar surface area (TPSA) is 46.2 Å². The smallest absolute Gasteiger partial charge is 0.189 e. The Morgan fingerprint density at radius 1 is 0.812 bits per heavy atom. The van der Waals surface area contributed by atoms with E-state index in [-0.39, 0.29) is 24.6 Å². The van der Waals surface area contributed by atoms with Crippen LogP contribution in [0.15, 0.2) is 0 Å². The predicted octanol–water partition coefficient (Wildman–Crippen LogP) is 1.01. The van der Waals surface area contributed by atoms with Gasteiger partial charge in [-0.2, -0.15) is 0 Å². The first-order chi connectivity index (χ1) is 7.36. The van der Waals surface area contributed by atoms with Crippen LogP contribution in [0.4, 0.5) is 0 Å². The zero-order valence-electron chi connectivity index (χ0n) is 10.1. The third kappa shape index (κ3) is 1.67. The lowest BCUT2D eigenvalue weighted by molar-refractivity contribution is -0.205. The lowest BCUT2D eigenvalue weighted by atomic mass is 10.1. The van der Waals surface area contributed by atoms with E-state index in [1.807, 2.05) is 27.7 Å². The Kier molecular flexibility index (Phi) is 2.17. The lowest BCUT2D eigenvalue weighted by Gasteiger charge is -2.30. The van der Waals surface area contributed by atoms with Crippen LogP contribution in [0, 0.1) is 0 Å². The molecule has 3 saturated heterocycles. The van der Waals surface area contributed by atoms with Gasteiger partial charge in [0.1, 0.15) is 18.3 Å². The first kappa shape index (κ1) is 10.9. The Morgan fingerprint density at radius 2 is 1.44 bits per heavy atom. The van der Waals surface area contributed by atoms with E-state index < -0.39 is 11.6 Å². The molecule has 0 N–H and O–H groups in total. The van der Waals surface area contributed by atoms with Crippen LogP contribution in [0.3, 0.4) is 0 Å². The van der Waals surface area contributed by atoms with Gasteiger partial charge in [-0.3, -0.25) is 0 Å². The van der Waals surface area contributed by atoms with Gasteiger partial charge in [0, 0.05) is 0 Å². The molecule has 0 radical (unpaired) electrons. The minimum absolute atomic E-state index is 0.0613. The molecule has 92 valence electrons. The molecule has 0 aliphatic carbocycles. The van der Waals surface area contributed by atoms with E-state index in [0.717, 1.165) is 0 Å². The summed E-state index contributed by atoms with van der Waals surface area (Å²) in [5, 5.41) is 0. The number of rotatable bonds is 0. The minimum atomic E-state index is -0.611. The van der Waals surface area contributed by atoms with Crippen LogP contribution >= 0.6 is 0 Å². The largest absolute Gasteiger partial charge is 0.347 e. The van der Waals surface area contributed by atoms with Crippen LogP contribution in [-0.2, 0) is 23.7 Å². The van der Waals surface area contributed by atoms with Crippen molar-refractivity contribution in [2.24, 2.45) is 0 Å². The summed E-state index contributed by atoms with van der Waals surface area (Å²) in [6.45, 7) is 8.06. The second-order valence-corrected chi connectivity index (χ2v) is 5.44. The van der Waals surface area contributed by atoms with Crippen LogP contribution in [0.25, 0.3) is 0 Å². The van der Waals surface area contributed by atoms with Crippen molar-refractivity contribution in [2.75, 3.05) is 6.61 Å². The summed E-state index contributed by atoms with van der Waals surface area (Å²) in [5.74, 6) is -1.18. The number of fused-ring (bicyclic) bond motifs is 3. The molecule has 4 atom stereocenters. The van der Waals surface area contributed by atoms with Crippen LogP contribution in [0.1, 0.15) is 27.7 Å². The molecule has 0 aromatic heterocycles. The molecule has 0 aromatic carbocycles. The van der Waals surface area contributed by atoms with E-state index >= 15 is 0 Å². The second kappa shape index (κ2) is 3.17. The van der Waals surface area contributed by atoms with E-state index in [1.54, 1.807) is 0 Å². The first-order valence-corrected chi connectivity index (χ1v) is 5.69. The Hall–Kier alpha value is -0.200. The van der Waals surface area contributed by atoms with Gasteiger partial charge in [0.15, 0.2) is 17.9 Å². The van der Waals surface area contributed by atoms with Gasteiger partial charge >= 0.3 is 0 Å². The van der Waals surface area contributed by atoms with Gasteiger partial charge in [-0.25, -0.2) is 0 Å². The SMILES string of the molecule is CC1(C)OC2C3OC(C)(C)O[C@@H]3CO[C@@H]2O1. The van der Waals surface area contributed by atoms with Gasteiger partial charge in [-0.15, -0.1) is 0 Å². The highest BCUT2D eigenvalue weighted by Gasteiger charge is 2.57. The molecular formula is C11H18O5. The number of hydrogen-bond donors (Lipinski definition) is 0. The van der Waals surface area contributed by atoms with Crippen molar-refractivity contribution in [3.05, 3.63) is 0 Å². The molecule has 0 spiro atoms. The average Bonchev–Trinajstić information content (AvgIpc) is 2.58. The maximum absolute atomic E-state index is 5.85. The van der Waals surface area contributed by atoms with E-state index in [0.29, 0.717) is 6.61 Å². The van der Waals surface area contributed by atoms with Crippen molar-refractivity contribution < 1.29 is 23.7 Å². The number of hydrogen-bond acceptors (Lipinski definition) is 5. The first-order valence-electron chi connectivity index (χ1n) is 5.69. The van der Waals surface area contributed by atoms with Crippen molar-refractivity contribution in [2.45, 2.75) is 63.9 Å². The fourth-order valence-electron chi connectivity index (χ4n) is 2.57. The average molecular weight is 230 g/mol. The number of ether oxygens (including phenoxy) is 5. The maximum Gasteiger partial charge on any atom is 0.189 e. The Morgan fingerprint density at radius 3 is 2.19 bits per heavy atom. The summed E-state index contributed by atoms with van der Waals surface area (Å²) in [6.07, 6.45) is -0.700. The monoisotopic (exact) mass is 230 g/mol. The van der Waals surface area contributed by atoms with Crippen molar-refractivity contribution >= 4 is 0 Å². The van der Waals surface area contributed by atoms with Gasteiger partial charge in [0.2, 0.25) is 0 Å². The summed E-state index contributed by atoms with van der Waals surface area (Å²) in [4.78, 5) is 0. The van der Waals surface area contributed by atoms with Crippen molar-refractivity contribution in [3.63, 3.8) is 0 Å². The molecule has 0 saturated carbocycles. The zero-order valence-corrected chi connectivity index (χ0v) is 10.1. The Balaban J connectivity index is 1.81.